The van der Waals surface area contributed by atoms with Crippen molar-refractivity contribution in [2.75, 3.05) is 11.1 Å². The number of anilines is 1. The molecule has 0 aliphatic carbocycles. The molecule has 0 spiro atoms. The Morgan fingerprint density at radius 1 is 1.09 bits per heavy atom. The van der Waals surface area contributed by atoms with Gasteiger partial charge in [0.25, 0.3) is 5.56 Å². The molecule has 32 heavy (non-hydrogen) atoms. The standard InChI is InChI=1S/C23H16BrCl2N3O2S/c1-13-27-22-17(3-2-4-20(22)26)23(31)29(13)15-6-8-16(9-7-15)32-12-21(30)28-14-5-10-19(25)18(24)11-14/h2-11H,12H2,1H3,(H,28,30). The summed E-state index contributed by atoms with van der Waals surface area (Å²) in [5, 5.41) is 4.34. The van der Waals surface area contributed by atoms with Crippen molar-refractivity contribution in [2.24, 2.45) is 0 Å². The summed E-state index contributed by atoms with van der Waals surface area (Å²) in [6.45, 7) is 1.77. The Labute approximate surface area is 206 Å². The van der Waals surface area contributed by atoms with Crippen LogP contribution in [0.5, 0.6) is 0 Å². The summed E-state index contributed by atoms with van der Waals surface area (Å²) in [5.74, 6) is 0.662. The molecular weight excluding hydrogens is 533 g/mol. The number of fused-ring (bicyclic) bond motifs is 1. The smallest absolute Gasteiger partial charge is 0.266 e. The fourth-order valence-electron chi connectivity index (χ4n) is 3.20. The molecule has 0 aliphatic rings. The van der Waals surface area contributed by atoms with E-state index in [9.17, 15) is 9.59 Å². The van der Waals surface area contributed by atoms with E-state index in [2.05, 4.69) is 26.2 Å². The molecule has 1 N–H and O–H groups in total. The molecule has 0 saturated carbocycles. The fourth-order valence-corrected chi connectivity index (χ4v) is 4.61. The van der Waals surface area contributed by atoms with Gasteiger partial charge >= 0.3 is 0 Å². The van der Waals surface area contributed by atoms with Crippen molar-refractivity contribution in [1.29, 1.82) is 0 Å². The van der Waals surface area contributed by atoms with Gasteiger partial charge in [-0.2, -0.15) is 0 Å². The van der Waals surface area contributed by atoms with Crippen LogP contribution in [0.1, 0.15) is 5.82 Å². The summed E-state index contributed by atoms with van der Waals surface area (Å²) < 4.78 is 2.27. The zero-order chi connectivity index (χ0) is 22.8. The molecule has 5 nitrogen and oxygen atoms in total. The lowest BCUT2D eigenvalue weighted by atomic mass is 10.2. The third-order valence-corrected chi connectivity index (χ3v) is 7.22. The van der Waals surface area contributed by atoms with E-state index < -0.39 is 0 Å². The maximum absolute atomic E-state index is 13.0. The largest absolute Gasteiger partial charge is 0.325 e. The molecule has 0 saturated heterocycles. The molecule has 4 rings (SSSR count). The summed E-state index contributed by atoms with van der Waals surface area (Å²) in [6.07, 6.45) is 0. The molecule has 0 atom stereocenters. The highest BCUT2D eigenvalue weighted by Crippen LogP contribution is 2.26. The van der Waals surface area contributed by atoms with E-state index in [4.69, 9.17) is 23.2 Å². The van der Waals surface area contributed by atoms with Gasteiger partial charge in [-0.25, -0.2) is 4.98 Å². The number of thioether (sulfide) groups is 1. The van der Waals surface area contributed by atoms with Crippen molar-refractivity contribution < 1.29 is 4.79 Å². The van der Waals surface area contributed by atoms with Gasteiger partial charge in [-0.3, -0.25) is 14.2 Å². The SMILES string of the molecule is Cc1nc2c(Cl)cccc2c(=O)n1-c1ccc(SCC(=O)Nc2ccc(Cl)c(Br)c2)cc1. The molecule has 1 amide bonds. The Bertz CT molecular complexity index is 1390. The normalized spacial score (nSPS) is 11.0. The first-order valence-corrected chi connectivity index (χ1v) is 12.0. The van der Waals surface area contributed by atoms with Gasteiger partial charge in [-0.1, -0.05) is 29.3 Å². The zero-order valence-electron chi connectivity index (χ0n) is 16.7. The zero-order valence-corrected chi connectivity index (χ0v) is 20.6. The number of aryl methyl sites for hydroxylation is 1. The van der Waals surface area contributed by atoms with Gasteiger partial charge in [0.1, 0.15) is 5.82 Å². The van der Waals surface area contributed by atoms with E-state index in [0.29, 0.717) is 38.1 Å². The number of carbonyl (C=O) groups is 1. The Kier molecular flexibility index (Phi) is 6.90. The van der Waals surface area contributed by atoms with Gasteiger partial charge < -0.3 is 5.32 Å². The Morgan fingerprint density at radius 2 is 1.84 bits per heavy atom. The lowest BCUT2D eigenvalue weighted by molar-refractivity contribution is -0.113. The lowest BCUT2D eigenvalue weighted by Gasteiger charge is -2.12. The third kappa shape index (κ3) is 4.86. The van der Waals surface area contributed by atoms with Crippen LogP contribution in [0, 0.1) is 6.92 Å². The van der Waals surface area contributed by atoms with Crippen LogP contribution in [0.25, 0.3) is 16.6 Å². The number of halogens is 3. The van der Waals surface area contributed by atoms with Crippen molar-refractivity contribution in [2.45, 2.75) is 11.8 Å². The van der Waals surface area contributed by atoms with Gasteiger partial charge in [0.2, 0.25) is 5.91 Å². The first-order valence-electron chi connectivity index (χ1n) is 9.49. The number of benzene rings is 3. The van der Waals surface area contributed by atoms with Crippen LogP contribution in [-0.2, 0) is 4.79 Å². The van der Waals surface area contributed by atoms with Crippen LogP contribution in [-0.4, -0.2) is 21.2 Å². The highest BCUT2D eigenvalue weighted by atomic mass is 79.9. The number of carbonyl (C=O) groups excluding carboxylic acids is 1. The number of hydrogen-bond donors (Lipinski definition) is 1. The molecule has 1 aromatic heterocycles. The van der Waals surface area contributed by atoms with Crippen molar-refractivity contribution in [3.05, 3.63) is 91.4 Å². The van der Waals surface area contributed by atoms with Crippen LogP contribution in [0.2, 0.25) is 10.0 Å². The molecule has 0 bridgehead atoms. The minimum atomic E-state index is -0.177. The average molecular weight is 549 g/mol. The molecule has 0 radical (unpaired) electrons. The molecule has 0 fully saturated rings. The fraction of sp³-hybridized carbons (Fsp3) is 0.0870. The maximum Gasteiger partial charge on any atom is 0.266 e. The number of aromatic nitrogens is 2. The van der Waals surface area contributed by atoms with E-state index in [1.165, 1.54) is 11.8 Å². The molecular formula is C23H16BrCl2N3O2S. The number of para-hydroxylation sites is 1. The number of hydrogen-bond acceptors (Lipinski definition) is 4. The average Bonchev–Trinajstić information content (AvgIpc) is 2.77. The van der Waals surface area contributed by atoms with Gasteiger partial charge in [-0.15, -0.1) is 11.8 Å². The van der Waals surface area contributed by atoms with E-state index >= 15 is 0 Å². The van der Waals surface area contributed by atoms with Crippen LogP contribution >= 0.6 is 50.9 Å². The minimum Gasteiger partial charge on any atom is -0.325 e. The summed E-state index contributed by atoms with van der Waals surface area (Å²) in [4.78, 5) is 30.7. The van der Waals surface area contributed by atoms with E-state index in [-0.39, 0.29) is 17.2 Å². The van der Waals surface area contributed by atoms with Crippen LogP contribution < -0.4 is 10.9 Å². The Balaban J connectivity index is 1.48. The molecule has 3 aromatic carbocycles. The van der Waals surface area contributed by atoms with E-state index in [1.807, 2.05) is 24.3 Å². The van der Waals surface area contributed by atoms with E-state index in [1.54, 1.807) is 47.9 Å². The molecule has 9 heteroatoms. The third-order valence-electron chi connectivity index (χ3n) is 4.69. The van der Waals surface area contributed by atoms with Gasteiger partial charge in [0.15, 0.2) is 0 Å². The van der Waals surface area contributed by atoms with Gasteiger partial charge in [0.05, 0.1) is 32.4 Å². The summed E-state index contributed by atoms with van der Waals surface area (Å²) in [7, 11) is 0. The number of rotatable bonds is 5. The van der Waals surface area contributed by atoms with Crippen LogP contribution in [0.4, 0.5) is 5.69 Å². The lowest BCUT2D eigenvalue weighted by Crippen LogP contribution is -2.22. The van der Waals surface area contributed by atoms with E-state index in [0.717, 1.165) is 9.37 Å². The second-order valence-corrected chi connectivity index (χ2v) is 9.61. The highest BCUT2D eigenvalue weighted by molar-refractivity contribution is 9.10. The van der Waals surface area contributed by atoms with Crippen molar-refractivity contribution in [1.82, 2.24) is 9.55 Å². The molecule has 162 valence electrons. The van der Waals surface area contributed by atoms with Gasteiger partial charge in [0, 0.05) is 15.1 Å². The predicted octanol–water partition coefficient (Wildman–Crippen LogP) is 6.49. The predicted molar refractivity (Wildman–Crippen MR) is 136 cm³/mol. The Hall–Kier alpha value is -2.32. The van der Waals surface area contributed by atoms with Crippen molar-refractivity contribution in [3.63, 3.8) is 0 Å². The molecule has 1 heterocycles. The number of nitrogens with zero attached hydrogens (tertiary/aromatic N) is 2. The highest BCUT2D eigenvalue weighted by Gasteiger charge is 2.12. The first kappa shape index (κ1) is 22.9. The van der Waals surface area contributed by atoms with Crippen LogP contribution in [0.3, 0.4) is 0 Å². The Morgan fingerprint density at radius 3 is 2.56 bits per heavy atom. The summed E-state index contributed by atoms with van der Waals surface area (Å²) >= 11 is 16.9. The maximum atomic E-state index is 13.0. The quantitative estimate of drug-likeness (QED) is 0.289. The second kappa shape index (κ2) is 9.67. The molecule has 4 aromatic rings. The molecule has 0 aliphatic heterocycles. The number of amides is 1. The monoisotopic (exact) mass is 547 g/mol. The minimum absolute atomic E-state index is 0.129. The summed E-state index contributed by atoms with van der Waals surface area (Å²) in [5.41, 5.74) is 1.69. The molecule has 0 unspecified atom stereocenters. The van der Waals surface area contributed by atoms with Crippen LogP contribution in [0.15, 0.2) is 74.8 Å². The van der Waals surface area contributed by atoms with Crippen molar-refractivity contribution >= 4 is 73.4 Å². The first-order chi connectivity index (χ1) is 15.3. The van der Waals surface area contributed by atoms with Crippen molar-refractivity contribution in [3.8, 4) is 5.69 Å². The topological polar surface area (TPSA) is 64.0 Å². The van der Waals surface area contributed by atoms with Gasteiger partial charge in [-0.05, 0) is 77.5 Å². The number of nitrogens with one attached hydrogen (secondary N) is 1. The summed E-state index contributed by atoms with van der Waals surface area (Å²) in [6, 6.07) is 17.8. The second-order valence-electron chi connectivity index (χ2n) is 6.90.